The van der Waals surface area contributed by atoms with Gasteiger partial charge in [0.15, 0.2) is 0 Å². The van der Waals surface area contributed by atoms with Crippen LogP contribution < -0.4 is 5.32 Å². The van der Waals surface area contributed by atoms with Gasteiger partial charge in [-0.3, -0.25) is 14.6 Å². The van der Waals surface area contributed by atoms with Crippen LogP contribution in [0, 0.1) is 0 Å². The molecule has 0 spiro atoms. The third-order valence-corrected chi connectivity index (χ3v) is 5.44. The summed E-state index contributed by atoms with van der Waals surface area (Å²) in [6, 6.07) is 21.6. The highest BCUT2D eigenvalue weighted by Crippen LogP contribution is 2.42. The molecule has 2 heterocycles. The van der Waals surface area contributed by atoms with Crippen LogP contribution in [0.4, 0.5) is 0 Å². The number of carbonyl (C=O) groups excluding carboxylic acids is 2. The summed E-state index contributed by atoms with van der Waals surface area (Å²) in [5, 5.41) is 3.02. The number of amides is 2. The molecule has 0 fully saturated rings. The number of aromatic nitrogens is 1. The molecule has 30 heavy (non-hydrogen) atoms. The topological polar surface area (TPSA) is 62.3 Å². The van der Waals surface area contributed by atoms with Gasteiger partial charge in [0.1, 0.15) is 12.1 Å². The van der Waals surface area contributed by atoms with Gasteiger partial charge in [0.25, 0.3) is 5.91 Å². The number of benzene rings is 2. The first kappa shape index (κ1) is 19.8. The molecule has 2 amide bonds. The lowest BCUT2D eigenvalue weighted by Gasteiger charge is -2.33. The minimum Gasteiger partial charge on any atom is -0.354 e. The van der Waals surface area contributed by atoms with Crippen molar-refractivity contribution in [1.29, 1.82) is 0 Å². The number of carbonyl (C=O) groups is 2. The van der Waals surface area contributed by atoms with E-state index in [0.717, 1.165) is 29.7 Å². The zero-order chi connectivity index (χ0) is 20.9. The summed E-state index contributed by atoms with van der Waals surface area (Å²) in [4.78, 5) is 33.1. The fourth-order valence-corrected chi connectivity index (χ4v) is 4.00. The normalized spacial score (nSPS) is 16.2. The summed E-state index contributed by atoms with van der Waals surface area (Å²) in [7, 11) is 0. The van der Waals surface area contributed by atoms with Crippen molar-refractivity contribution >= 4 is 11.8 Å². The molecule has 1 N–H and O–H groups in total. The smallest absolute Gasteiger partial charge is 0.256 e. The van der Waals surface area contributed by atoms with E-state index in [1.54, 1.807) is 17.2 Å². The van der Waals surface area contributed by atoms with Gasteiger partial charge in [0.2, 0.25) is 5.91 Å². The fourth-order valence-electron chi connectivity index (χ4n) is 4.00. The summed E-state index contributed by atoms with van der Waals surface area (Å²) >= 11 is 0. The molecule has 1 aliphatic rings. The highest BCUT2D eigenvalue weighted by molar-refractivity contribution is 6.05. The van der Waals surface area contributed by atoms with Crippen molar-refractivity contribution in [3.05, 3.63) is 101 Å². The molecule has 0 saturated carbocycles. The van der Waals surface area contributed by atoms with E-state index < -0.39 is 12.1 Å². The summed E-state index contributed by atoms with van der Waals surface area (Å²) in [6.45, 7) is 2.68. The van der Waals surface area contributed by atoms with E-state index in [-0.39, 0.29) is 11.8 Å². The molecule has 4 rings (SSSR count). The molecular formula is C25H25N3O2. The Morgan fingerprint density at radius 3 is 2.50 bits per heavy atom. The standard InChI is InChI=1S/C25H25N3O2/c1-2-3-16-27-24(29)23-19-13-7-8-14-20(19)25(30)28(23)22(18-11-5-4-6-12-18)21-15-9-10-17-26-21/h4-15,17,22-23H,2-3,16H2,1H3,(H,27,29). The van der Waals surface area contributed by atoms with E-state index >= 15 is 0 Å². The Morgan fingerprint density at radius 1 is 1.03 bits per heavy atom. The minimum absolute atomic E-state index is 0.152. The third-order valence-electron chi connectivity index (χ3n) is 5.44. The van der Waals surface area contributed by atoms with Crippen molar-refractivity contribution in [3.63, 3.8) is 0 Å². The van der Waals surface area contributed by atoms with Crippen molar-refractivity contribution in [1.82, 2.24) is 15.2 Å². The second-order valence-corrected chi connectivity index (χ2v) is 7.41. The Morgan fingerprint density at radius 2 is 1.77 bits per heavy atom. The van der Waals surface area contributed by atoms with Crippen LogP contribution in [0.1, 0.15) is 59.0 Å². The number of pyridine rings is 1. The molecule has 5 heteroatoms. The van der Waals surface area contributed by atoms with E-state index in [9.17, 15) is 9.59 Å². The molecule has 0 radical (unpaired) electrons. The molecule has 152 valence electrons. The Bertz CT molecular complexity index is 981. The highest BCUT2D eigenvalue weighted by Gasteiger charge is 2.45. The zero-order valence-electron chi connectivity index (χ0n) is 17.0. The first-order valence-electron chi connectivity index (χ1n) is 10.4. The average molecular weight is 399 g/mol. The van der Waals surface area contributed by atoms with E-state index in [2.05, 4.69) is 17.2 Å². The van der Waals surface area contributed by atoms with Crippen molar-refractivity contribution < 1.29 is 9.59 Å². The van der Waals surface area contributed by atoms with Crippen LogP contribution >= 0.6 is 0 Å². The van der Waals surface area contributed by atoms with Gasteiger partial charge < -0.3 is 10.2 Å². The van der Waals surface area contributed by atoms with Gasteiger partial charge in [-0.15, -0.1) is 0 Å². The van der Waals surface area contributed by atoms with Crippen LogP contribution in [0.25, 0.3) is 0 Å². The van der Waals surface area contributed by atoms with Gasteiger partial charge in [-0.25, -0.2) is 0 Å². The second kappa shape index (κ2) is 8.91. The van der Waals surface area contributed by atoms with Crippen LogP contribution in [0.5, 0.6) is 0 Å². The van der Waals surface area contributed by atoms with Gasteiger partial charge in [0.05, 0.1) is 5.69 Å². The molecule has 1 aromatic heterocycles. The molecule has 2 atom stereocenters. The number of hydrogen-bond acceptors (Lipinski definition) is 3. The molecule has 3 aromatic rings. The lowest BCUT2D eigenvalue weighted by atomic mass is 9.98. The quantitative estimate of drug-likeness (QED) is 0.603. The third kappa shape index (κ3) is 3.71. The molecule has 2 aromatic carbocycles. The molecule has 2 unspecified atom stereocenters. The molecule has 0 bridgehead atoms. The largest absolute Gasteiger partial charge is 0.354 e. The Kier molecular flexibility index (Phi) is 5.89. The van der Waals surface area contributed by atoms with Crippen LogP contribution in [0.3, 0.4) is 0 Å². The summed E-state index contributed by atoms with van der Waals surface area (Å²) in [5.41, 5.74) is 2.97. The number of hydrogen-bond donors (Lipinski definition) is 1. The van der Waals surface area contributed by atoms with Crippen LogP contribution in [0.15, 0.2) is 79.0 Å². The van der Waals surface area contributed by atoms with Crippen LogP contribution in [-0.4, -0.2) is 28.2 Å². The molecule has 5 nitrogen and oxygen atoms in total. The maximum Gasteiger partial charge on any atom is 0.256 e. The highest BCUT2D eigenvalue weighted by atomic mass is 16.2. The number of nitrogens with zero attached hydrogens (tertiary/aromatic N) is 2. The first-order valence-corrected chi connectivity index (χ1v) is 10.4. The Labute approximate surface area is 176 Å². The summed E-state index contributed by atoms with van der Waals surface area (Å²) < 4.78 is 0. The second-order valence-electron chi connectivity index (χ2n) is 7.41. The summed E-state index contributed by atoms with van der Waals surface area (Å²) in [6.07, 6.45) is 3.61. The number of nitrogens with one attached hydrogen (secondary N) is 1. The van der Waals surface area contributed by atoms with E-state index in [0.29, 0.717) is 12.1 Å². The molecule has 1 aliphatic heterocycles. The Hall–Kier alpha value is -3.47. The van der Waals surface area contributed by atoms with Crippen molar-refractivity contribution in [2.45, 2.75) is 31.8 Å². The lowest BCUT2D eigenvalue weighted by Crippen LogP contribution is -2.42. The van der Waals surface area contributed by atoms with Gasteiger partial charge >= 0.3 is 0 Å². The zero-order valence-corrected chi connectivity index (χ0v) is 17.0. The van der Waals surface area contributed by atoms with E-state index in [1.165, 1.54) is 0 Å². The monoisotopic (exact) mass is 399 g/mol. The maximum absolute atomic E-state index is 13.5. The molecular weight excluding hydrogens is 374 g/mol. The number of rotatable bonds is 7. The van der Waals surface area contributed by atoms with Crippen molar-refractivity contribution in [2.75, 3.05) is 6.54 Å². The van der Waals surface area contributed by atoms with Gasteiger partial charge in [-0.05, 0) is 35.7 Å². The van der Waals surface area contributed by atoms with E-state index in [1.807, 2.05) is 66.7 Å². The minimum atomic E-state index is -0.697. The van der Waals surface area contributed by atoms with E-state index in [4.69, 9.17) is 0 Å². The van der Waals surface area contributed by atoms with Crippen LogP contribution in [-0.2, 0) is 4.79 Å². The number of unbranched alkanes of at least 4 members (excludes halogenated alkanes) is 1. The lowest BCUT2D eigenvalue weighted by molar-refractivity contribution is -0.126. The predicted molar refractivity (Wildman–Crippen MR) is 116 cm³/mol. The molecule has 0 saturated heterocycles. The predicted octanol–water partition coefficient (Wildman–Crippen LogP) is 4.28. The van der Waals surface area contributed by atoms with Gasteiger partial charge in [-0.1, -0.05) is 67.9 Å². The fraction of sp³-hybridized carbons (Fsp3) is 0.240. The first-order chi connectivity index (χ1) is 14.7. The Balaban J connectivity index is 1.82. The number of fused-ring (bicyclic) bond motifs is 1. The SMILES string of the molecule is CCCCNC(=O)C1c2ccccc2C(=O)N1C(c1ccccc1)c1ccccn1. The summed E-state index contributed by atoms with van der Waals surface area (Å²) in [5.74, 6) is -0.306. The average Bonchev–Trinajstić information content (AvgIpc) is 3.08. The van der Waals surface area contributed by atoms with Crippen molar-refractivity contribution in [3.8, 4) is 0 Å². The molecule has 0 aliphatic carbocycles. The van der Waals surface area contributed by atoms with Crippen LogP contribution in [0.2, 0.25) is 0 Å². The van der Waals surface area contributed by atoms with Gasteiger partial charge in [-0.2, -0.15) is 0 Å². The maximum atomic E-state index is 13.5. The van der Waals surface area contributed by atoms with Gasteiger partial charge in [0, 0.05) is 18.3 Å². The van der Waals surface area contributed by atoms with Crippen molar-refractivity contribution in [2.24, 2.45) is 0 Å².